The largest absolute Gasteiger partial charge is 0.493 e. The molecule has 9 heteroatoms. The number of carbonyl (C=O) groups is 1. The van der Waals surface area contributed by atoms with E-state index in [2.05, 4.69) is 22.2 Å². The molecule has 0 radical (unpaired) electrons. The first-order valence-electron chi connectivity index (χ1n) is 11.3. The Hall–Kier alpha value is -2.25. The Morgan fingerprint density at radius 2 is 1.97 bits per heavy atom. The average Bonchev–Trinajstić information content (AvgIpc) is 2.76. The Labute approximate surface area is 205 Å². The zero-order valence-electron chi connectivity index (χ0n) is 19.7. The maximum atomic E-state index is 12.2. The number of ether oxygens (including phenoxy) is 2. The van der Waals surface area contributed by atoms with Crippen molar-refractivity contribution < 1.29 is 14.3 Å². The average molecular weight is 495 g/mol. The second kappa shape index (κ2) is 11.3. The van der Waals surface area contributed by atoms with Gasteiger partial charge < -0.3 is 19.7 Å². The summed E-state index contributed by atoms with van der Waals surface area (Å²) in [6, 6.07) is 5.92. The highest BCUT2D eigenvalue weighted by Crippen LogP contribution is 2.29. The van der Waals surface area contributed by atoms with Gasteiger partial charge in [-0.25, -0.2) is 9.78 Å². The highest BCUT2D eigenvalue weighted by Gasteiger charge is 2.26. The van der Waals surface area contributed by atoms with Crippen LogP contribution in [-0.2, 0) is 11.2 Å². The molecule has 1 aromatic carbocycles. The van der Waals surface area contributed by atoms with E-state index in [1.807, 2.05) is 39.0 Å². The van der Waals surface area contributed by atoms with E-state index in [0.29, 0.717) is 23.4 Å². The zero-order chi connectivity index (χ0) is 24.0. The van der Waals surface area contributed by atoms with Gasteiger partial charge in [0.15, 0.2) is 5.82 Å². The number of hydrogen-bond donors (Lipinski definition) is 1. The van der Waals surface area contributed by atoms with Gasteiger partial charge in [0.05, 0.1) is 12.8 Å². The molecule has 1 aliphatic rings. The van der Waals surface area contributed by atoms with Gasteiger partial charge in [0.2, 0.25) is 5.28 Å². The number of rotatable bonds is 7. The lowest BCUT2D eigenvalue weighted by molar-refractivity contribution is 0.0177. The summed E-state index contributed by atoms with van der Waals surface area (Å²) >= 11 is 12.0. The second-order valence-electron chi connectivity index (χ2n) is 9.18. The van der Waals surface area contributed by atoms with Gasteiger partial charge in [-0.2, -0.15) is 4.98 Å². The summed E-state index contributed by atoms with van der Waals surface area (Å²) in [4.78, 5) is 22.0. The number of nitrogens with zero attached hydrogens (tertiary/aromatic N) is 3. The van der Waals surface area contributed by atoms with Crippen molar-refractivity contribution in [1.82, 2.24) is 14.9 Å². The van der Waals surface area contributed by atoms with Crippen LogP contribution in [-0.4, -0.2) is 46.3 Å². The predicted molar refractivity (Wildman–Crippen MR) is 132 cm³/mol. The fraction of sp³-hybridized carbons (Fsp3) is 0.542. The number of halogens is 2. The Morgan fingerprint density at radius 3 is 2.64 bits per heavy atom. The van der Waals surface area contributed by atoms with Crippen LogP contribution in [0.4, 0.5) is 16.3 Å². The molecular formula is C24H32Cl2N4O3. The summed E-state index contributed by atoms with van der Waals surface area (Å²) in [5.41, 5.74) is 1.49. The van der Waals surface area contributed by atoms with Gasteiger partial charge in [-0.1, -0.05) is 18.5 Å². The van der Waals surface area contributed by atoms with E-state index in [4.69, 9.17) is 32.7 Å². The molecule has 1 fully saturated rings. The first kappa shape index (κ1) is 25.4. The third-order valence-electron chi connectivity index (χ3n) is 5.47. The van der Waals surface area contributed by atoms with Gasteiger partial charge >= 0.3 is 6.09 Å². The molecule has 180 valence electrons. The first-order chi connectivity index (χ1) is 15.6. The van der Waals surface area contributed by atoms with Crippen molar-refractivity contribution in [1.29, 1.82) is 0 Å². The van der Waals surface area contributed by atoms with Crippen LogP contribution < -0.4 is 10.1 Å². The molecule has 0 atom stereocenters. The molecule has 0 bridgehead atoms. The number of nitrogens with one attached hydrogen (secondary N) is 1. The highest BCUT2D eigenvalue weighted by atomic mass is 35.5. The molecular weight excluding hydrogens is 463 g/mol. The third-order valence-corrected chi connectivity index (χ3v) is 5.93. The SMILES string of the molecule is CCc1cc(Nc2nc(Cl)ncc2Cl)ccc1OCCC1CCN(C(=O)OC(C)(C)C)CC1. The van der Waals surface area contributed by atoms with Gasteiger partial charge in [0.25, 0.3) is 0 Å². The number of aryl methyl sites for hydroxylation is 1. The van der Waals surface area contributed by atoms with E-state index in [-0.39, 0.29) is 11.4 Å². The molecule has 1 saturated heterocycles. The van der Waals surface area contributed by atoms with Crippen LogP contribution in [0, 0.1) is 5.92 Å². The Balaban J connectivity index is 1.49. The number of amides is 1. The molecule has 2 aromatic rings. The molecule has 0 aliphatic carbocycles. The summed E-state index contributed by atoms with van der Waals surface area (Å²) in [6.45, 7) is 9.87. The minimum absolute atomic E-state index is 0.134. The quantitative estimate of drug-likeness (QED) is 0.442. The normalized spacial score (nSPS) is 14.8. The molecule has 2 heterocycles. The van der Waals surface area contributed by atoms with Crippen LogP contribution in [0.15, 0.2) is 24.4 Å². The number of carbonyl (C=O) groups excluding carboxylic acids is 1. The lowest BCUT2D eigenvalue weighted by Crippen LogP contribution is -2.41. The molecule has 0 saturated carbocycles. The van der Waals surface area contributed by atoms with E-state index >= 15 is 0 Å². The molecule has 1 amide bonds. The summed E-state index contributed by atoms with van der Waals surface area (Å²) in [6.07, 6.45) is 4.97. The van der Waals surface area contributed by atoms with Crippen LogP contribution in [0.1, 0.15) is 52.5 Å². The number of hydrogen-bond acceptors (Lipinski definition) is 6. The Morgan fingerprint density at radius 1 is 1.24 bits per heavy atom. The molecule has 7 nitrogen and oxygen atoms in total. The highest BCUT2D eigenvalue weighted by molar-refractivity contribution is 6.33. The lowest BCUT2D eigenvalue weighted by Gasteiger charge is -2.33. The number of piperidine rings is 1. The van der Waals surface area contributed by atoms with Gasteiger partial charge in [-0.05, 0) is 87.7 Å². The van der Waals surface area contributed by atoms with Gasteiger partial charge in [-0.15, -0.1) is 0 Å². The van der Waals surface area contributed by atoms with Gasteiger partial charge in [0, 0.05) is 18.8 Å². The topological polar surface area (TPSA) is 76.6 Å². The zero-order valence-corrected chi connectivity index (χ0v) is 21.2. The number of anilines is 2. The molecule has 3 rings (SSSR count). The maximum absolute atomic E-state index is 12.2. The van der Waals surface area contributed by atoms with Crippen LogP contribution in [0.2, 0.25) is 10.3 Å². The minimum atomic E-state index is -0.460. The van der Waals surface area contributed by atoms with Crippen molar-refractivity contribution >= 4 is 40.8 Å². The molecule has 33 heavy (non-hydrogen) atoms. The van der Waals surface area contributed by atoms with Gasteiger partial charge in [-0.3, -0.25) is 0 Å². The molecule has 0 spiro atoms. The summed E-state index contributed by atoms with van der Waals surface area (Å²) < 4.78 is 11.6. The predicted octanol–water partition coefficient (Wildman–Crippen LogP) is 6.51. The van der Waals surface area contributed by atoms with Crippen molar-refractivity contribution in [2.75, 3.05) is 25.0 Å². The fourth-order valence-electron chi connectivity index (χ4n) is 3.71. The van der Waals surface area contributed by atoms with Crippen molar-refractivity contribution in [2.24, 2.45) is 5.92 Å². The molecule has 1 aliphatic heterocycles. The minimum Gasteiger partial charge on any atom is -0.493 e. The van der Waals surface area contributed by atoms with E-state index in [1.165, 1.54) is 6.20 Å². The smallest absolute Gasteiger partial charge is 0.410 e. The molecule has 1 aromatic heterocycles. The van der Waals surface area contributed by atoms with Crippen LogP contribution in [0.3, 0.4) is 0 Å². The number of likely N-dealkylation sites (tertiary alicyclic amines) is 1. The van der Waals surface area contributed by atoms with Gasteiger partial charge in [0.1, 0.15) is 16.4 Å². The standard InChI is InChI=1S/C24H32Cl2N4O3/c1-5-17-14-18(28-21-19(25)15-27-22(26)29-21)6-7-20(17)32-13-10-16-8-11-30(12-9-16)23(31)33-24(2,3)4/h6-7,14-16H,5,8-13H2,1-4H3,(H,27,28,29). The maximum Gasteiger partial charge on any atom is 0.410 e. The van der Waals surface area contributed by atoms with E-state index in [1.54, 1.807) is 4.90 Å². The summed E-state index contributed by atoms with van der Waals surface area (Å²) in [7, 11) is 0. The Bertz CT molecular complexity index is 957. The van der Waals surface area contributed by atoms with E-state index < -0.39 is 5.60 Å². The number of aromatic nitrogens is 2. The number of benzene rings is 1. The molecule has 1 N–H and O–H groups in total. The van der Waals surface area contributed by atoms with Crippen LogP contribution >= 0.6 is 23.2 Å². The fourth-order valence-corrected chi connectivity index (χ4v) is 3.98. The van der Waals surface area contributed by atoms with E-state index in [9.17, 15) is 4.79 Å². The van der Waals surface area contributed by atoms with E-state index in [0.717, 1.165) is 55.8 Å². The van der Waals surface area contributed by atoms with Crippen LogP contribution in [0.25, 0.3) is 0 Å². The Kier molecular flexibility index (Phi) is 8.65. The monoisotopic (exact) mass is 494 g/mol. The van der Waals surface area contributed by atoms with Crippen molar-refractivity contribution in [3.63, 3.8) is 0 Å². The lowest BCUT2D eigenvalue weighted by atomic mass is 9.94. The summed E-state index contributed by atoms with van der Waals surface area (Å²) in [5, 5.41) is 3.72. The molecule has 0 unspecified atom stereocenters. The van der Waals surface area contributed by atoms with Crippen molar-refractivity contribution in [3.8, 4) is 5.75 Å². The summed E-state index contributed by atoms with van der Waals surface area (Å²) in [5.74, 6) is 1.88. The second-order valence-corrected chi connectivity index (χ2v) is 9.93. The van der Waals surface area contributed by atoms with Crippen LogP contribution in [0.5, 0.6) is 5.75 Å². The van der Waals surface area contributed by atoms with Crippen molar-refractivity contribution in [2.45, 2.75) is 59.0 Å². The first-order valence-corrected chi connectivity index (χ1v) is 12.1. The third kappa shape index (κ3) is 7.64. The van der Waals surface area contributed by atoms with Crippen molar-refractivity contribution in [3.05, 3.63) is 40.3 Å².